The zero-order valence-corrected chi connectivity index (χ0v) is 12.7. The third-order valence-corrected chi connectivity index (χ3v) is 3.77. The minimum atomic E-state index is -0.405. The molecule has 0 aromatic heterocycles. The molecule has 0 aliphatic carbocycles. The van der Waals surface area contributed by atoms with Crippen LogP contribution in [0, 0.1) is 0 Å². The van der Waals surface area contributed by atoms with Crippen LogP contribution in [0.5, 0.6) is 0 Å². The van der Waals surface area contributed by atoms with E-state index in [9.17, 15) is 14.4 Å². The van der Waals surface area contributed by atoms with Crippen LogP contribution in [0.2, 0.25) is 0 Å². The molecule has 116 valence electrons. The summed E-state index contributed by atoms with van der Waals surface area (Å²) in [5.74, 6) is -0.559. The predicted molar refractivity (Wildman–Crippen MR) is 83.4 cm³/mol. The maximum atomic E-state index is 12.4. The number of rotatable bonds is 4. The van der Waals surface area contributed by atoms with Gasteiger partial charge in [-0.15, -0.1) is 0 Å². The van der Waals surface area contributed by atoms with Gasteiger partial charge in [-0.3, -0.25) is 14.4 Å². The number of likely N-dealkylation sites (N-methyl/N-ethyl adjacent to an activating group) is 2. The van der Waals surface area contributed by atoms with Gasteiger partial charge < -0.3 is 15.1 Å². The molecule has 0 bridgehead atoms. The Morgan fingerprint density at radius 2 is 2.00 bits per heavy atom. The lowest BCUT2D eigenvalue weighted by atomic mass is 10.1. The topological polar surface area (TPSA) is 69.7 Å². The number of carbonyl (C=O) groups excluding carboxylic acids is 3. The lowest BCUT2D eigenvalue weighted by molar-refractivity contribution is -0.130. The van der Waals surface area contributed by atoms with Crippen LogP contribution in [0.4, 0.5) is 5.69 Å². The second-order valence-corrected chi connectivity index (χ2v) is 5.25. The number of amides is 3. The Balaban J connectivity index is 2.07. The zero-order valence-electron chi connectivity index (χ0n) is 12.7. The third kappa shape index (κ3) is 3.16. The van der Waals surface area contributed by atoms with E-state index in [1.165, 1.54) is 11.0 Å². The van der Waals surface area contributed by atoms with Crippen molar-refractivity contribution in [1.29, 1.82) is 0 Å². The average Bonchev–Trinajstić information content (AvgIpc) is 2.86. The van der Waals surface area contributed by atoms with Gasteiger partial charge in [-0.1, -0.05) is 6.58 Å². The van der Waals surface area contributed by atoms with Crippen molar-refractivity contribution in [2.45, 2.75) is 12.5 Å². The van der Waals surface area contributed by atoms with Gasteiger partial charge in [-0.05, 0) is 36.8 Å². The van der Waals surface area contributed by atoms with Crippen molar-refractivity contribution in [2.24, 2.45) is 0 Å². The van der Waals surface area contributed by atoms with E-state index in [0.29, 0.717) is 24.2 Å². The highest BCUT2D eigenvalue weighted by Gasteiger charge is 2.34. The fraction of sp³-hybridized carbons (Fsp3) is 0.312. The molecule has 0 saturated carbocycles. The lowest BCUT2D eigenvalue weighted by Gasteiger charge is -2.23. The molecule has 0 radical (unpaired) electrons. The summed E-state index contributed by atoms with van der Waals surface area (Å²) in [4.78, 5) is 38.7. The Hall–Kier alpha value is -2.63. The number of anilines is 1. The molecule has 1 atom stereocenters. The van der Waals surface area contributed by atoms with E-state index < -0.39 is 6.04 Å². The van der Waals surface area contributed by atoms with Crippen molar-refractivity contribution in [1.82, 2.24) is 9.80 Å². The average molecular weight is 301 g/mol. The normalized spacial score (nSPS) is 17.3. The minimum Gasteiger partial charge on any atom is -0.344 e. The molecule has 22 heavy (non-hydrogen) atoms. The summed E-state index contributed by atoms with van der Waals surface area (Å²) in [6, 6.07) is 6.13. The molecule has 1 N–H and O–H groups in total. The highest BCUT2D eigenvalue weighted by molar-refractivity contribution is 6.00. The van der Waals surface area contributed by atoms with Gasteiger partial charge in [0, 0.05) is 31.9 Å². The van der Waals surface area contributed by atoms with Crippen LogP contribution in [-0.4, -0.2) is 54.2 Å². The second-order valence-electron chi connectivity index (χ2n) is 5.25. The predicted octanol–water partition coefficient (Wildman–Crippen LogP) is 1.11. The number of hydrogen-bond acceptors (Lipinski definition) is 3. The second kappa shape index (κ2) is 6.43. The summed E-state index contributed by atoms with van der Waals surface area (Å²) in [5.41, 5.74) is 1.06. The van der Waals surface area contributed by atoms with E-state index in [-0.39, 0.29) is 17.7 Å². The van der Waals surface area contributed by atoms with Gasteiger partial charge in [-0.2, -0.15) is 0 Å². The molecule has 2 rings (SSSR count). The summed E-state index contributed by atoms with van der Waals surface area (Å²) in [7, 11) is 3.37. The first-order valence-corrected chi connectivity index (χ1v) is 6.99. The molecular weight excluding hydrogens is 282 g/mol. The standard InChI is InChI=1S/C16H19N3O3/c1-4-14(20)17-12-7-5-11(6-8-12)15(21)19(3)13-9-10-18(2)16(13)22/h4-8,13H,1,9-10H2,2-3H3,(H,17,20). The van der Waals surface area contributed by atoms with E-state index >= 15 is 0 Å². The number of likely N-dealkylation sites (tertiary alicyclic amines) is 1. The van der Waals surface area contributed by atoms with Crippen molar-refractivity contribution < 1.29 is 14.4 Å². The summed E-state index contributed by atoms with van der Waals surface area (Å²) in [5, 5.41) is 2.61. The number of nitrogens with one attached hydrogen (secondary N) is 1. The first-order valence-electron chi connectivity index (χ1n) is 6.99. The molecule has 1 aliphatic heterocycles. The third-order valence-electron chi connectivity index (χ3n) is 3.77. The van der Waals surface area contributed by atoms with Crippen molar-refractivity contribution in [2.75, 3.05) is 26.0 Å². The molecule has 6 nitrogen and oxygen atoms in total. The van der Waals surface area contributed by atoms with E-state index in [4.69, 9.17) is 0 Å². The van der Waals surface area contributed by atoms with E-state index in [2.05, 4.69) is 11.9 Å². The molecule has 1 fully saturated rings. The largest absolute Gasteiger partial charge is 0.344 e. The SMILES string of the molecule is C=CC(=O)Nc1ccc(C(=O)N(C)C2CCN(C)C2=O)cc1. The Bertz CT molecular complexity index is 610. The highest BCUT2D eigenvalue weighted by atomic mass is 16.2. The molecule has 1 unspecified atom stereocenters. The van der Waals surface area contributed by atoms with Crippen LogP contribution >= 0.6 is 0 Å². The first-order chi connectivity index (χ1) is 10.4. The number of nitrogens with zero attached hydrogens (tertiary/aromatic N) is 2. The quantitative estimate of drug-likeness (QED) is 0.847. The van der Waals surface area contributed by atoms with Crippen molar-refractivity contribution in [3.63, 3.8) is 0 Å². The smallest absolute Gasteiger partial charge is 0.254 e. The molecule has 1 aromatic rings. The molecule has 1 heterocycles. The monoisotopic (exact) mass is 301 g/mol. The van der Waals surface area contributed by atoms with E-state index in [0.717, 1.165) is 0 Å². The van der Waals surface area contributed by atoms with Gasteiger partial charge in [0.05, 0.1) is 0 Å². The highest BCUT2D eigenvalue weighted by Crippen LogP contribution is 2.18. The summed E-state index contributed by atoms with van der Waals surface area (Å²) < 4.78 is 0. The Kier molecular flexibility index (Phi) is 4.60. The van der Waals surface area contributed by atoms with Crippen LogP contribution in [0.1, 0.15) is 16.8 Å². The number of benzene rings is 1. The zero-order chi connectivity index (χ0) is 16.3. The molecule has 1 aromatic carbocycles. The molecule has 0 spiro atoms. The number of hydrogen-bond donors (Lipinski definition) is 1. The minimum absolute atomic E-state index is 0.0364. The molecule has 6 heteroatoms. The maximum absolute atomic E-state index is 12.4. The fourth-order valence-corrected chi connectivity index (χ4v) is 2.40. The summed E-state index contributed by atoms with van der Waals surface area (Å²) in [6.45, 7) is 4.03. The Labute approximate surface area is 129 Å². The molecule has 1 saturated heterocycles. The van der Waals surface area contributed by atoms with Gasteiger partial charge in [0.15, 0.2) is 0 Å². The van der Waals surface area contributed by atoms with Gasteiger partial charge >= 0.3 is 0 Å². The number of carbonyl (C=O) groups is 3. The maximum Gasteiger partial charge on any atom is 0.254 e. The van der Waals surface area contributed by atoms with Crippen molar-refractivity contribution in [3.8, 4) is 0 Å². The van der Waals surface area contributed by atoms with Gasteiger partial charge in [0.2, 0.25) is 11.8 Å². The van der Waals surface area contributed by atoms with Crippen LogP contribution in [0.25, 0.3) is 0 Å². The molecule has 1 aliphatic rings. The fourth-order valence-electron chi connectivity index (χ4n) is 2.40. The van der Waals surface area contributed by atoms with Gasteiger partial charge in [-0.25, -0.2) is 0 Å². The van der Waals surface area contributed by atoms with Crippen molar-refractivity contribution in [3.05, 3.63) is 42.5 Å². The van der Waals surface area contributed by atoms with Crippen LogP contribution in [0.15, 0.2) is 36.9 Å². The van der Waals surface area contributed by atoms with Crippen LogP contribution in [0.3, 0.4) is 0 Å². The van der Waals surface area contributed by atoms with Crippen molar-refractivity contribution >= 4 is 23.4 Å². The molecule has 3 amide bonds. The van der Waals surface area contributed by atoms with E-state index in [1.807, 2.05) is 0 Å². The first kappa shape index (κ1) is 15.8. The lowest BCUT2D eigenvalue weighted by Crippen LogP contribution is -2.42. The van der Waals surface area contributed by atoms with Gasteiger partial charge in [0.1, 0.15) is 6.04 Å². The molecular formula is C16H19N3O3. The van der Waals surface area contributed by atoms with E-state index in [1.54, 1.807) is 43.3 Å². The van der Waals surface area contributed by atoms with Crippen LogP contribution in [-0.2, 0) is 9.59 Å². The Morgan fingerprint density at radius 3 is 2.50 bits per heavy atom. The van der Waals surface area contributed by atoms with Crippen LogP contribution < -0.4 is 5.32 Å². The summed E-state index contributed by atoms with van der Waals surface area (Å²) in [6.07, 6.45) is 1.82. The summed E-state index contributed by atoms with van der Waals surface area (Å²) >= 11 is 0. The van der Waals surface area contributed by atoms with Gasteiger partial charge in [0.25, 0.3) is 5.91 Å². The Morgan fingerprint density at radius 1 is 1.36 bits per heavy atom.